The number of nitrogens with one attached hydrogen (secondary N) is 3. The summed E-state index contributed by atoms with van der Waals surface area (Å²) in [6.45, 7) is 0.450. The Morgan fingerprint density at radius 1 is 1.32 bits per heavy atom. The van der Waals surface area contributed by atoms with E-state index in [-0.39, 0.29) is 29.9 Å². The Morgan fingerprint density at radius 2 is 2.18 bits per heavy atom. The lowest BCUT2D eigenvalue weighted by Crippen LogP contribution is -2.68. The van der Waals surface area contributed by atoms with Gasteiger partial charge < -0.3 is 19.5 Å². The summed E-state index contributed by atoms with van der Waals surface area (Å²) in [6.07, 6.45) is 1.95. The molecule has 2 fully saturated rings. The zero-order valence-electron chi connectivity index (χ0n) is 15.1. The quantitative estimate of drug-likeness (QED) is 0.741. The van der Waals surface area contributed by atoms with E-state index in [0.29, 0.717) is 24.5 Å². The molecule has 9 heteroatoms. The van der Waals surface area contributed by atoms with E-state index in [1.54, 1.807) is 12.1 Å². The smallest absolute Gasteiger partial charge is 0.232 e. The molecule has 2 unspecified atom stereocenters. The number of fused-ring (bicyclic) bond motifs is 1. The molecule has 2 aliphatic rings. The first kappa shape index (κ1) is 18.2. The Labute approximate surface area is 160 Å². The molecule has 2 aromatic rings. The highest BCUT2D eigenvalue weighted by molar-refractivity contribution is 6.00. The molecule has 0 bridgehead atoms. The van der Waals surface area contributed by atoms with Gasteiger partial charge in [-0.15, -0.1) is 0 Å². The molecular weight excluding hydrogens is 367 g/mol. The molecule has 8 nitrogen and oxygen atoms in total. The van der Waals surface area contributed by atoms with Crippen LogP contribution in [0.25, 0.3) is 0 Å². The topological polar surface area (TPSA) is 106 Å². The number of carbonyl (C=O) groups excluding carboxylic acids is 1. The Balaban J connectivity index is 1.73. The number of pyridine rings is 1. The molecule has 146 valence electrons. The zero-order chi connectivity index (χ0) is 19.7. The predicted octanol–water partition coefficient (Wildman–Crippen LogP) is 1.91. The summed E-state index contributed by atoms with van der Waals surface area (Å²) in [5, 5.41) is 13.3. The Hall–Kier alpha value is -3.20. The second-order valence-electron chi connectivity index (χ2n) is 6.63. The average Bonchev–Trinajstić information content (AvgIpc) is 2.69. The van der Waals surface area contributed by atoms with Gasteiger partial charge in [-0.25, -0.2) is 9.37 Å². The van der Waals surface area contributed by atoms with Crippen LogP contribution in [0.15, 0.2) is 36.5 Å². The fraction of sp³-hybridized carbons (Fsp3) is 0.316. The van der Waals surface area contributed by atoms with Gasteiger partial charge in [0.05, 0.1) is 19.6 Å². The highest BCUT2D eigenvalue weighted by atomic mass is 19.1. The van der Waals surface area contributed by atoms with Gasteiger partial charge in [0.25, 0.3) is 0 Å². The van der Waals surface area contributed by atoms with Crippen molar-refractivity contribution in [2.24, 2.45) is 5.92 Å². The van der Waals surface area contributed by atoms with Crippen molar-refractivity contribution in [2.75, 3.05) is 20.3 Å². The first-order chi connectivity index (χ1) is 13.5. The van der Waals surface area contributed by atoms with E-state index in [9.17, 15) is 9.18 Å². The van der Waals surface area contributed by atoms with Crippen LogP contribution in [0.1, 0.15) is 12.0 Å². The third-order valence-electron chi connectivity index (χ3n) is 4.97. The van der Waals surface area contributed by atoms with E-state index >= 15 is 0 Å². The van der Waals surface area contributed by atoms with Crippen molar-refractivity contribution < 1.29 is 23.4 Å². The molecular formula is C19H19FN4O4. The van der Waals surface area contributed by atoms with E-state index in [1.165, 1.54) is 31.5 Å². The summed E-state index contributed by atoms with van der Waals surface area (Å²) in [5.41, 5.74) is -0.972. The molecule has 1 amide bonds. The number of hydrogen-bond acceptors (Lipinski definition) is 6. The van der Waals surface area contributed by atoms with Gasteiger partial charge in [0.2, 0.25) is 11.8 Å². The van der Waals surface area contributed by atoms with Crippen LogP contribution >= 0.6 is 0 Å². The van der Waals surface area contributed by atoms with Crippen molar-refractivity contribution in [1.29, 1.82) is 5.41 Å². The van der Waals surface area contributed by atoms with Crippen LogP contribution in [0.4, 0.5) is 4.39 Å². The van der Waals surface area contributed by atoms with Gasteiger partial charge >= 0.3 is 0 Å². The number of rotatable bonds is 4. The Morgan fingerprint density at radius 3 is 3.00 bits per heavy atom. The molecule has 4 rings (SSSR count). The van der Waals surface area contributed by atoms with Crippen molar-refractivity contribution >= 4 is 11.9 Å². The molecule has 1 aromatic heterocycles. The van der Waals surface area contributed by atoms with E-state index < -0.39 is 17.3 Å². The van der Waals surface area contributed by atoms with Crippen LogP contribution in [0.5, 0.6) is 17.4 Å². The summed E-state index contributed by atoms with van der Waals surface area (Å²) in [6, 6.07) is 7.54. The standard InChI is InChI=1S/C19H19FN4O4/c1-26-11-4-6-22-16(9-11)28-12-2-3-15(20)14(8-12)19-10-27-7-5-13(19)17(25)23-18(21)24-19/h2-4,6,8-9,13H,5,7,10H2,1H3,(H3,21,23,24,25). The first-order valence-electron chi connectivity index (χ1n) is 8.75. The minimum Gasteiger partial charge on any atom is -0.497 e. The number of amides is 1. The lowest BCUT2D eigenvalue weighted by atomic mass is 9.73. The fourth-order valence-electron chi connectivity index (χ4n) is 3.66. The second kappa shape index (κ2) is 7.08. The first-order valence-corrected chi connectivity index (χ1v) is 8.75. The molecule has 2 aliphatic heterocycles. The van der Waals surface area contributed by atoms with Crippen molar-refractivity contribution in [3.63, 3.8) is 0 Å². The van der Waals surface area contributed by atoms with Crippen LogP contribution in [0.2, 0.25) is 0 Å². The zero-order valence-corrected chi connectivity index (χ0v) is 15.1. The average molecular weight is 386 g/mol. The van der Waals surface area contributed by atoms with Gasteiger partial charge in [0.15, 0.2) is 5.96 Å². The summed E-state index contributed by atoms with van der Waals surface area (Å²) in [4.78, 5) is 16.6. The minimum absolute atomic E-state index is 0.0608. The van der Waals surface area contributed by atoms with E-state index in [1.807, 2.05) is 0 Å². The lowest BCUT2D eigenvalue weighted by Gasteiger charge is -2.47. The van der Waals surface area contributed by atoms with Crippen LogP contribution in [0, 0.1) is 17.1 Å². The van der Waals surface area contributed by atoms with E-state index in [4.69, 9.17) is 19.6 Å². The highest BCUT2D eigenvalue weighted by Crippen LogP contribution is 2.40. The third kappa shape index (κ3) is 3.13. The molecule has 2 atom stereocenters. The number of halogens is 1. The molecule has 0 saturated carbocycles. The number of aromatic nitrogens is 1. The van der Waals surface area contributed by atoms with Gasteiger partial charge in [-0.05, 0) is 30.7 Å². The molecule has 0 aliphatic carbocycles. The van der Waals surface area contributed by atoms with Crippen molar-refractivity contribution in [2.45, 2.75) is 12.0 Å². The maximum atomic E-state index is 14.8. The SMILES string of the molecule is COc1ccnc(Oc2ccc(F)c(C34COCCC3C(=O)NC(=N)N4)c2)c1. The fourth-order valence-corrected chi connectivity index (χ4v) is 3.66. The summed E-state index contributed by atoms with van der Waals surface area (Å²) < 4.78 is 31.3. The van der Waals surface area contributed by atoms with Crippen molar-refractivity contribution in [1.82, 2.24) is 15.6 Å². The van der Waals surface area contributed by atoms with Gasteiger partial charge in [-0.2, -0.15) is 0 Å². The van der Waals surface area contributed by atoms with Crippen LogP contribution in [0.3, 0.4) is 0 Å². The van der Waals surface area contributed by atoms with E-state index in [2.05, 4.69) is 15.6 Å². The number of methoxy groups -OCH3 is 1. The van der Waals surface area contributed by atoms with Crippen LogP contribution < -0.4 is 20.1 Å². The van der Waals surface area contributed by atoms with Crippen molar-refractivity contribution in [3.05, 3.63) is 47.9 Å². The third-order valence-corrected chi connectivity index (χ3v) is 4.97. The maximum absolute atomic E-state index is 14.8. The molecule has 3 heterocycles. The molecule has 3 N–H and O–H groups in total. The number of ether oxygens (including phenoxy) is 3. The minimum atomic E-state index is -1.18. The molecule has 28 heavy (non-hydrogen) atoms. The Bertz CT molecular complexity index is 938. The van der Waals surface area contributed by atoms with Crippen LogP contribution in [-0.2, 0) is 15.1 Å². The number of guanidine groups is 1. The van der Waals surface area contributed by atoms with Crippen molar-refractivity contribution in [3.8, 4) is 17.4 Å². The summed E-state index contributed by atoms with van der Waals surface area (Å²) in [5.74, 6) is -0.403. The van der Waals surface area contributed by atoms with Gasteiger partial charge in [-0.1, -0.05) is 0 Å². The summed E-state index contributed by atoms with van der Waals surface area (Å²) in [7, 11) is 1.53. The molecule has 1 aromatic carbocycles. The predicted molar refractivity (Wildman–Crippen MR) is 96.9 cm³/mol. The van der Waals surface area contributed by atoms with Gasteiger partial charge in [0.1, 0.15) is 22.9 Å². The number of hydrogen-bond donors (Lipinski definition) is 3. The Kier molecular flexibility index (Phi) is 4.60. The lowest BCUT2D eigenvalue weighted by molar-refractivity contribution is -0.134. The number of carbonyl (C=O) groups is 1. The summed E-state index contributed by atoms with van der Waals surface area (Å²) >= 11 is 0. The number of benzene rings is 1. The monoisotopic (exact) mass is 386 g/mol. The molecule has 2 saturated heterocycles. The molecule has 0 radical (unpaired) electrons. The normalized spacial score (nSPS) is 24.0. The van der Waals surface area contributed by atoms with Gasteiger partial charge in [0, 0.05) is 24.4 Å². The van der Waals surface area contributed by atoms with Gasteiger partial charge in [-0.3, -0.25) is 15.5 Å². The van der Waals surface area contributed by atoms with Crippen LogP contribution in [-0.4, -0.2) is 37.2 Å². The second-order valence-corrected chi connectivity index (χ2v) is 6.63. The number of nitrogens with zero attached hydrogens (tertiary/aromatic N) is 1. The largest absolute Gasteiger partial charge is 0.497 e. The van der Waals surface area contributed by atoms with E-state index in [0.717, 1.165) is 0 Å². The maximum Gasteiger partial charge on any atom is 0.232 e. The highest BCUT2D eigenvalue weighted by Gasteiger charge is 2.52. The molecule has 0 spiro atoms.